The topological polar surface area (TPSA) is 29.5 Å². The van der Waals surface area contributed by atoms with Crippen molar-refractivity contribution < 1.29 is 9.53 Å². The van der Waals surface area contributed by atoms with E-state index in [9.17, 15) is 0 Å². The molecule has 0 saturated carbocycles. The quantitative estimate of drug-likeness (QED) is 0.201. The number of aliphatic hydroxyl groups excluding tert-OH is 1. The molecule has 0 aliphatic heterocycles. The summed E-state index contributed by atoms with van der Waals surface area (Å²) in [6.45, 7) is 14.0. The van der Waals surface area contributed by atoms with Gasteiger partial charge in [0.1, 0.15) is 6.10 Å². The van der Waals surface area contributed by atoms with Crippen molar-refractivity contribution in [2.45, 2.75) is 129 Å². The van der Waals surface area contributed by atoms with Gasteiger partial charge in [0.25, 0.3) is 0 Å². The van der Waals surface area contributed by atoms with E-state index in [0.717, 1.165) is 32.1 Å². The van der Waals surface area contributed by atoms with Crippen LogP contribution in [0.1, 0.15) is 105 Å². The molecule has 0 amide bonds. The Kier molecular flexibility index (Phi) is 15.7. The minimum atomic E-state index is -1.75. The molecule has 1 N–H and O–H groups in total. The van der Waals surface area contributed by atoms with Crippen LogP contribution in [0.5, 0.6) is 0 Å². The molecule has 0 heterocycles. The summed E-state index contributed by atoms with van der Waals surface area (Å²) in [6.07, 6.45) is 13.4. The SMILES string of the molecule is CCCC[C@H](C#CCCCCCCCC#CCCCO)O[Si](C)(C)C(C)(C)C. The number of hydrogen-bond acceptors (Lipinski definition) is 2. The second-order valence-corrected chi connectivity index (χ2v) is 14.0. The Balaban J connectivity index is 4.07. The number of rotatable bonds is 13. The van der Waals surface area contributed by atoms with E-state index in [2.05, 4.69) is 64.5 Å². The standard InChI is InChI=1S/C25H46O2Si/c1-7-8-21-24(27-28(5,6)25(2,3)4)22-19-17-15-13-11-9-10-12-14-16-18-20-23-26/h24,26H,7-13,15,17-18,20-21,23H2,1-6H3/t24-/m1/s1. The molecule has 0 bridgehead atoms. The van der Waals surface area contributed by atoms with Crippen molar-refractivity contribution >= 4 is 8.32 Å². The summed E-state index contributed by atoms with van der Waals surface area (Å²) in [5.74, 6) is 13.2. The van der Waals surface area contributed by atoms with Gasteiger partial charge in [-0.3, -0.25) is 0 Å². The van der Waals surface area contributed by atoms with Crippen LogP contribution in [-0.4, -0.2) is 26.1 Å². The lowest BCUT2D eigenvalue weighted by molar-refractivity contribution is 0.220. The third kappa shape index (κ3) is 14.3. The highest BCUT2D eigenvalue weighted by Gasteiger charge is 2.38. The highest BCUT2D eigenvalue weighted by atomic mass is 28.4. The molecule has 2 nitrogen and oxygen atoms in total. The zero-order valence-corrected chi connectivity index (χ0v) is 20.6. The number of aliphatic hydroxyl groups is 1. The molecule has 28 heavy (non-hydrogen) atoms. The van der Waals surface area contributed by atoms with Gasteiger partial charge < -0.3 is 9.53 Å². The third-order valence-corrected chi connectivity index (χ3v) is 10.0. The van der Waals surface area contributed by atoms with Crippen LogP contribution in [0.4, 0.5) is 0 Å². The molecule has 0 aliphatic rings. The van der Waals surface area contributed by atoms with Crippen molar-refractivity contribution in [1.29, 1.82) is 0 Å². The lowest BCUT2D eigenvalue weighted by Crippen LogP contribution is -2.43. The van der Waals surface area contributed by atoms with Crippen molar-refractivity contribution in [2.24, 2.45) is 0 Å². The number of unbranched alkanes of at least 4 members (excludes halogenated alkanes) is 8. The molecule has 0 fully saturated rings. The second-order valence-electron chi connectivity index (χ2n) is 9.28. The van der Waals surface area contributed by atoms with Crippen molar-refractivity contribution in [2.75, 3.05) is 6.61 Å². The molecule has 0 spiro atoms. The smallest absolute Gasteiger partial charge is 0.193 e. The van der Waals surface area contributed by atoms with E-state index in [4.69, 9.17) is 9.53 Å². The number of hydrogen-bond donors (Lipinski definition) is 1. The summed E-state index contributed by atoms with van der Waals surface area (Å²) in [4.78, 5) is 0. The summed E-state index contributed by atoms with van der Waals surface area (Å²) in [5, 5.41) is 8.93. The van der Waals surface area contributed by atoms with Gasteiger partial charge in [-0.2, -0.15) is 0 Å². The first-order valence-electron chi connectivity index (χ1n) is 11.5. The van der Waals surface area contributed by atoms with Gasteiger partial charge in [0.15, 0.2) is 8.32 Å². The molecule has 3 heteroatoms. The Labute approximate surface area is 177 Å². The third-order valence-electron chi connectivity index (χ3n) is 5.51. The molecular formula is C25H46O2Si. The van der Waals surface area contributed by atoms with Crippen molar-refractivity contribution in [3.63, 3.8) is 0 Å². The van der Waals surface area contributed by atoms with Crippen LogP contribution in [0.2, 0.25) is 18.1 Å². The normalized spacial score (nSPS) is 12.7. The summed E-state index contributed by atoms with van der Waals surface area (Å²) in [6, 6.07) is 0. The molecule has 0 aromatic carbocycles. The molecule has 162 valence electrons. The van der Waals surface area contributed by atoms with Crippen LogP contribution in [-0.2, 0) is 4.43 Å². The molecule has 0 unspecified atom stereocenters. The molecule has 0 saturated heterocycles. The van der Waals surface area contributed by atoms with E-state index in [1.807, 2.05) is 0 Å². The fourth-order valence-electron chi connectivity index (χ4n) is 2.57. The van der Waals surface area contributed by atoms with E-state index in [0.29, 0.717) is 0 Å². The van der Waals surface area contributed by atoms with Crippen molar-refractivity contribution in [3.05, 3.63) is 0 Å². The maximum Gasteiger partial charge on any atom is 0.193 e. The van der Waals surface area contributed by atoms with E-state index < -0.39 is 8.32 Å². The largest absolute Gasteiger partial charge is 0.403 e. The van der Waals surface area contributed by atoms with Gasteiger partial charge in [0, 0.05) is 25.9 Å². The average Bonchev–Trinajstić information content (AvgIpc) is 2.62. The van der Waals surface area contributed by atoms with E-state index in [-0.39, 0.29) is 17.7 Å². The maximum atomic E-state index is 8.70. The van der Waals surface area contributed by atoms with E-state index in [1.54, 1.807) is 0 Å². The molecule has 0 aliphatic carbocycles. The predicted molar refractivity (Wildman–Crippen MR) is 126 cm³/mol. The maximum absolute atomic E-state index is 8.70. The Morgan fingerprint density at radius 2 is 1.36 bits per heavy atom. The molecule has 0 aromatic heterocycles. The predicted octanol–water partition coefficient (Wildman–Crippen LogP) is 7.08. The lowest BCUT2D eigenvalue weighted by Gasteiger charge is -2.38. The Morgan fingerprint density at radius 1 is 0.821 bits per heavy atom. The second kappa shape index (κ2) is 16.1. The first-order valence-corrected chi connectivity index (χ1v) is 14.4. The van der Waals surface area contributed by atoms with Gasteiger partial charge in [-0.1, -0.05) is 65.7 Å². The molecule has 1 atom stereocenters. The van der Waals surface area contributed by atoms with Gasteiger partial charge in [-0.15, -0.1) is 17.8 Å². The summed E-state index contributed by atoms with van der Waals surface area (Å²) in [5.41, 5.74) is 0. The molecule has 0 rings (SSSR count). The van der Waals surface area contributed by atoms with Crippen molar-refractivity contribution in [3.8, 4) is 23.7 Å². The average molecular weight is 407 g/mol. The van der Waals surface area contributed by atoms with Crippen LogP contribution < -0.4 is 0 Å². The summed E-state index contributed by atoms with van der Waals surface area (Å²) < 4.78 is 6.55. The Hall–Kier alpha value is -0.743. The van der Waals surface area contributed by atoms with Gasteiger partial charge in [-0.05, 0) is 43.8 Å². The van der Waals surface area contributed by atoms with Crippen molar-refractivity contribution in [1.82, 2.24) is 0 Å². The Morgan fingerprint density at radius 3 is 1.89 bits per heavy atom. The zero-order valence-electron chi connectivity index (χ0n) is 19.6. The summed E-state index contributed by atoms with van der Waals surface area (Å²) >= 11 is 0. The van der Waals surface area contributed by atoms with E-state index >= 15 is 0 Å². The van der Waals surface area contributed by atoms with Crippen LogP contribution >= 0.6 is 0 Å². The summed E-state index contributed by atoms with van der Waals surface area (Å²) in [7, 11) is -1.75. The highest BCUT2D eigenvalue weighted by molar-refractivity contribution is 6.74. The minimum Gasteiger partial charge on any atom is -0.403 e. The van der Waals surface area contributed by atoms with Gasteiger partial charge >= 0.3 is 0 Å². The molecule has 0 radical (unpaired) electrons. The highest BCUT2D eigenvalue weighted by Crippen LogP contribution is 2.37. The van der Waals surface area contributed by atoms with Crippen LogP contribution in [0.15, 0.2) is 0 Å². The first kappa shape index (κ1) is 27.3. The fraction of sp³-hybridized carbons (Fsp3) is 0.840. The lowest BCUT2D eigenvalue weighted by atomic mass is 10.1. The van der Waals surface area contributed by atoms with E-state index in [1.165, 1.54) is 44.9 Å². The fourth-order valence-corrected chi connectivity index (χ4v) is 3.81. The zero-order chi connectivity index (χ0) is 21.3. The molecule has 0 aromatic rings. The minimum absolute atomic E-state index is 0.116. The monoisotopic (exact) mass is 406 g/mol. The van der Waals surface area contributed by atoms with Crippen LogP contribution in [0.25, 0.3) is 0 Å². The van der Waals surface area contributed by atoms with Crippen LogP contribution in [0, 0.1) is 23.7 Å². The van der Waals surface area contributed by atoms with Gasteiger partial charge in [0.05, 0.1) is 0 Å². The van der Waals surface area contributed by atoms with Gasteiger partial charge in [-0.25, -0.2) is 0 Å². The van der Waals surface area contributed by atoms with Gasteiger partial charge in [0.2, 0.25) is 0 Å². The Bertz CT molecular complexity index is 497. The first-order chi connectivity index (χ1) is 13.2. The molecular weight excluding hydrogens is 360 g/mol. The van der Waals surface area contributed by atoms with Crippen LogP contribution in [0.3, 0.4) is 0 Å².